The zero-order chi connectivity index (χ0) is 25.9. The van der Waals surface area contributed by atoms with Gasteiger partial charge in [-0.1, -0.05) is 72.8 Å². The molecule has 0 aromatic heterocycles. The summed E-state index contributed by atoms with van der Waals surface area (Å²) in [5.41, 5.74) is 2.99. The predicted octanol–water partition coefficient (Wildman–Crippen LogP) is 5.38. The molecule has 2 aliphatic rings. The van der Waals surface area contributed by atoms with Crippen LogP contribution in [0.15, 0.2) is 120 Å². The minimum Gasteiger partial charge on any atom is -0.402 e. The Morgan fingerprint density at radius 1 is 0.789 bits per heavy atom. The number of guanidine groups is 1. The van der Waals surface area contributed by atoms with Crippen LogP contribution in [-0.2, 0) is 9.53 Å². The highest BCUT2D eigenvalue weighted by molar-refractivity contribution is 6.16. The Morgan fingerprint density at radius 2 is 1.39 bits per heavy atom. The highest BCUT2D eigenvalue weighted by Crippen LogP contribution is 2.27. The molecular formula is C31H27N5O2. The number of ether oxygens (including phenoxy) is 1. The van der Waals surface area contributed by atoms with E-state index < -0.39 is 5.97 Å². The first kappa shape index (κ1) is 23.5. The number of cyclic esters (lactones) is 1. The third kappa shape index (κ3) is 4.62. The van der Waals surface area contributed by atoms with Crippen LogP contribution < -0.4 is 4.90 Å². The maximum atomic E-state index is 12.7. The first-order valence-corrected chi connectivity index (χ1v) is 12.7. The molecule has 2 heterocycles. The Kier molecular flexibility index (Phi) is 6.32. The fraction of sp³-hybridized carbons (Fsp3) is 0.129. The number of fused-ring (bicyclic) bond motifs is 1. The number of esters is 1. The van der Waals surface area contributed by atoms with E-state index in [1.807, 2.05) is 108 Å². The maximum absolute atomic E-state index is 12.7. The van der Waals surface area contributed by atoms with E-state index in [0.717, 1.165) is 27.7 Å². The quantitative estimate of drug-likeness (QED) is 0.176. The molecule has 7 nitrogen and oxygen atoms in total. The van der Waals surface area contributed by atoms with Gasteiger partial charge >= 0.3 is 5.97 Å². The van der Waals surface area contributed by atoms with Crippen molar-refractivity contribution in [3.8, 4) is 0 Å². The van der Waals surface area contributed by atoms with Gasteiger partial charge in [0.25, 0.3) is 0 Å². The topological polar surface area (TPSA) is 72.2 Å². The second-order valence-electron chi connectivity index (χ2n) is 9.20. The molecule has 1 saturated heterocycles. The van der Waals surface area contributed by atoms with E-state index in [9.17, 15) is 4.79 Å². The van der Waals surface area contributed by atoms with Crippen LogP contribution in [0.1, 0.15) is 5.56 Å². The van der Waals surface area contributed by atoms with Crippen molar-refractivity contribution in [2.24, 2.45) is 4.99 Å². The highest BCUT2D eigenvalue weighted by Gasteiger charge is 2.28. The number of nitrogens with zero attached hydrogens (tertiary/aromatic N) is 4. The van der Waals surface area contributed by atoms with Crippen molar-refractivity contribution in [3.05, 3.63) is 121 Å². The lowest BCUT2D eigenvalue weighted by molar-refractivity contribution is -0.130. The summed E-state index contributed by atoms with van der Waals surface area (Å²) in [5.74, 6) is 0.313. The molecule has 6 rings (SSSR count). The van der Waals surface area contributed by atoms with Crippen molar-refractivity contribution in [2.75, 3.05) is 31.1 Å². The highest BCUT2D eigenvalue weighted by atomic mass is 16.6. The molecule has 38 heavy (non-hydrogen) atoms. The Morgan fingerprint density at radius 3 is 2.08 bits per heavy atom. The SMILES string of the molecule is N=C(N1CCN(/C=C2/N=C(c3cccc4ccccc34)OC2=O)CC1)N(c1ccccc1)c1ccccc1. The first-order valence-electron chi connectivity index (χ1n) is 12.7. The van der Waals surface area contributed by atoms with E-state index in [1.54, 1.807) is 6.20 Å². The molecule has 1 N–H and O–H groups in total. The number of anilines is 2. The summed E-state index contributed by atoms with van der Waals surface area (Å²) in [6, 6.07) is 33.8. The largest absolute Gasteiger partial charge is 0.402 e. The minimum atomic E-state index is -0.442. The lowest BCUT2D eigenvalue weighted by Gasteiger charge is -2.39. The molecule has 0 spiro atoms. The predicted molar refractivity (Wildman–Crippen MR) is 151 cm³/mol. The van der Waals surface area contributed by atoms with Gasteiger partial charge in [-0.05, 0) is 41.1 Å². The van der Waals surface area contributed by atoms with Crippen LogP contribution in [0.2, 0.25) is 0 Å². The number of aliphatic imine (C=N–C) groups is 1. The molecule has 4 aromatic rings. The van der Waals surface area contributed by atoms with Gasteiger partial charge in [-0.25, -0.2) is 9.79 Å². The number of piperazine rings is 1. The summed E-state index contributed by atoms with van der Waals surface area (Å²) in [7, 11) is 0. The molecule has 0 saturated carbocycles. The van der Waals surface area contributed by atoms with Crippen molar-refractivity contribution in [2.45, 2.75) is 0 Å². The average Bonchev–Trinajstić information content (AvgIpc) is 3.34. The molecule has 0 atom stereocenters. The average molecular weight is 502 g/mol. The first-order chi connectivity index (χ1) is 18.7. The third-order valence-electron chi connectivity index (χ3n) is 6.80. The van der Waals surface area contributed by atoms with E-state index in [1.165, 1.54) is 0 Å². The molecule has 1 fully saturated rings. The Hall–Kier alpha value is -4.91. The molecule has 0 aliphatic carbocycles. The third-order valence-corrected chi connectivity index (χ3v) is 6.80. The fourth-order valence-corrected chi connectivity index (χ4v) is 4.85. The number of hydrogen-bond donors (Lipinski definition) is 1. The van der Waals surface area contributed by atoms with Gasteiger partial charge in [-0.15, -0.1) is 0 Å². The summed E-state index contributed by atoms with van der Waals surface area (Å²) in [5, 5.41) is 11.1. The number of carbonyl (C=O) groups is 1. The fourth-order valence-electron chi connectivity index (χ4n) is 4.85. The smallest absolute Gasteiger partial charge is 0.365 e. The molecule has 4 aromatic carbocycles. The number of carbonyl (C=O) groups excluding carboxylic acids is 1. The van der Waals surface area contributed by atoms with Gasteiger partial charge < -0.3 is 14.5 Å². The van der Waals surface area contributed by atoms with E-state index in [2.05, 4.69) is 14.8 Å². The summed E-state index contributed by atoms with van der Waals surface area (Å²) < 4.78 is 5.56. The van der Waals surface area contributed by atoms with Crippen LogP contribution >= 0.6 is 0 Å². The summed E-state index contributed by atoms with van der Waals surface area (Å²) in [4.78, 5) is 23.3. The zero-order valence-corrected chi connectivity index (χ0v) is 20.8. The molecule has 0 radical (unpaired) electrons. The summed E-state index contributed by atoms with van der Waals surface area (Å²) in [6.45, 7) is 2.62. The number of nitrogens with one attached hydrogen (secondary N) is 1. The normalized spacial score (nSPS) is 16.5. The molecule has 2 aliphatic heterocycles. The van der Waals surface area contributed by atoms with Gasteiger partial charge in [0.2, 0.25) is 11.9 Å². The molecule has 0 unspecified atom stereocenters. The number of benzene rings is 4. The van der Waals surface area contributed by atoms with Crippen molar-refractivity contribution in [1.82, 2.24) is 9.80 Å². The van der Waals surface area contributed by atoms with E-state index in [4.69, 9.17) is 10.1 Å². The van der Waals surface area contributed by atoms with Crippen LogP contribution in [0.25, 0.3) is 10.8 Å². The molecule has 0 bridgehead atoms. The second kappa shape index (κ2) is 10.2. The van der Waals surface area contributed by atoms with Crippen LogP contribution in [0.5, 0.6) is 0 Å². The molecular weight excluding hydrogens is 474 g/mol. The Labute approximate surface area is 221 Å². The van der Waals surface area contributed by atoms with Gasteiger partial charge in [0.1, 0.15) is 0 Å². The van der Waals surface area contributed by atoms with Crippen molar-refractivity contribution >= 4 is 40.0 Å². The Bertz CT molecular complexity index is 1500. The lowest BCUT2D eigenvalue weighted by atomic mass is 10.0. The van der Waals surface area contributed by atoms with Gasteiger partial charge in [0.05, 0.1) is 0 Å². The minimum absolute atomic E-state index is 0.298. The zero-order valence-electron chi connectivity index (χ0n) is 20.8. The van der Waals surface area contributed by atoms with E-state index >= 15 is 0 Å². The maximum Gasteiger partial charge on any atom is 0.365 e. The van der Waals surface area contributed by atoms with Crippen LogP contribution in [0.3, 0.4) is 0 Å². The molecule has 188 valence electrons. The number of hydrogen-bond acceptors (Lipinski definition) is 5. The van der Waals surface area contributed by atoms with Gasteiger partial charge in [-0.3, -0.25) is 10.3 Å². The number of para-hydroxylation sites is 2. The van der Waals surface area contributed by atoms with E-state index in [0.29, 0.717) is 43.7 Å². The van der Waals surface area contributed by atoms with E-state index in [-0.39, 0.29) is 0 Å². The van der Waals surface area contributed by atoms with Gasteiger partial charge in [0, 0.05) is 49.3 Å². The van der Waals surface area contributed by atoms with Crippen molar-refractivity contribution < 1.29 is 9.53 Å². The molecule has 7 heteroatoms. The summed E-state index contributed by atoms with van der Waals surface area (Å²) in [6.07, 6.45) is 1.79. The second-order valence-corrected chi connectivity index (χ2v) is 9.20. The van der Waals surface area contributed by atoms with Crippen molar-refractivity contribution in [1.29, 1.82) is 5.41 Å². The number of rotatable bonds is 4. The standard InChI is InChI=1S/C31H27N5O2/c32-31(36(24-12-3-1-4-13-24)25-14-5-2-6-15-25)35-20-18-34(19-21-35)22-28-30(37)38-29(33-28)27-17-9-11-23-10-7-8-16-26(23)27/h1-17,22,32H,18-21H2/b28-22+,32-31?. The summed E-state index contributed by atoms with van der Waals surface area (Å²) >= 11 is 0. The lowest BCUT2D eigenvalue weighted by Crippen LogP contribution is -2.51. The van der Waals surface area contributed by atoms with Crippen LogP contribution in [0, 0.1) is 5.41 Å². The van der Waals surface area contributed by atoms with Crippen LogP contribution in [0.4, 0.5) is 11.4 Å². The Balaban J connectivity index is 1.18. The van der Waals surface area contributed by atoms with Crippen molar-refractivity contribution in [3.63, 3.8) is 0 Å². The van der Waals surface area contributed by atoms with Gasteiger partial charge in [0.15, 0.2) is 5.70 Å². The van der Waals surface area contributed by atoms with Gasteiger partial charge in [-0.2, -0.15) is 0 Å². The monoisotopic (exact) mass is 501 g/mol. The molecule has 0 amide bonds. The van der Waals surface area contributed by atoms with Crippen LogP contribution in [-0.4, -0.2) is 53.8 Å².